The number of carbonyl (C=O) groups is 1. The molecule has 0 unspecified atom stereocenters. The Bertz CT molecular complexity index is 1140. The second kappa shape index (κ2) is 8.96. The lowest BCUT2D eigenvalue weighted by atomic mass is 9.97. The molecule has 31 heavy (non-hydrogen) atoms. The van der Waals surface area contributed by atoms with E-state index in [1.165, 1.54) is 0 Å². The van der Waals surface area contributed by atoms with Crippen LogP contribution in [0.25, 0.3) is 22.4 Å². The molecule has 0 bridgehead atoms. The Hall–Kier alpha value is -3.09. The van der Waals surface area contributed by atoms with Crippen LogP contribution in [0.15, 0.2) is 41.2 Å². The summed E-state index contributed by atoms with van der Waals surface area (Å²) in [7, 11) is 1.75. The molecule has 0 radical (unpaired) electrons. The van der Waals surface area contributed by atoms with Gasteiger partial charge in [0.25, 0.3) is 0 Å². The number of benzene rings is 1. The second-order valence-corrected chi connectivity index (χ2v) is 9.58. The monoisotopic (exact) mass is 424 g/mol. The minimum absolute atomic E-state index is 0.0213. The molecule has 2 heterocycles. The summed E-state index contributed by atoms with van der Waals surface area (Å²) in [6.45, 7) is 11.8. The fraction of sp³-hybridized carbons (Fsp3) is 0.458. The highest BCUT2D eigenvalue weighted by atomic mass is 16.5. The van der Waals surface area contributed by atoms with Crippen molar-refractivity contribution in [2.45, 2.75) is 47.8 Å². The number of nitrogens with zero attached hydrogens (tertiary/aromatic N) is 3. The van der Waals surface area contributed by atoms with Gasteiger partial charge in [0.05, 0.1) is 11.2 Å². The molecule has 0 spiro atoms. The van der Waals surface area contributed by atoms with Crippen LogP contribution in [0.4, 0.5) is 4.79 Å². The van der Waals surface area contributed by atoms with Gasteiger partial charge in [0.15, 0.2) is 5.65 Å². The topological polar surface area (TPSA) is 78.2 Å². The Balaban J connectivity index is 1.84. The van der Waals surface area contributed by atoms with Crippen LogP contribution in [-0.4, -0.2) is 26.8 Å². The number of ether oxygens (including phenoxy) is 1. The second-order valence-electron chi connectivity index (χ2n) is 9.58. The van der Waals surface area contributed by atoms with E-state index >= 15 is 0 Å². The standard InChI is InChI=1S/C24H32N4O3/c1-16(2)13-25-22(29)31-14-17-8-7-9-18(12-17)19-10-11-20-21(26-19)27(6)23(30)28(20)15-24(3,4)5/h7-12,16H,13-15H2,1-6H3,(H,25,29). The summed E-state index contributed by atoms with van der Waals surface area (Å²) in [6.07, 6.45) is -0.422. The molecule has 3 aromatic rings. The molecule has 2 aromatic heterocycles. The molecule has 3 rings (SSSR count). The maximum atomic E-state index is 12.7. The molecule has 7 heteroatoms. The van der Waals surface area contributed by atoms with Gasteiger partial charge in [0, 0.05) is 25.7 Å². The maximum absolute atomic E-state index is 12.7. The third kappa shape index (κ3) is 5.54. The zero-order chi connectivity index (χ0) is 22.8. The predicted octanol–water partition coefficient (Wildman–Crippen LogP) is 4.33. The van der Waals surface area contributed by atoms with Crippen molar-refractivity contribution in [2.24, 2.45) is 18.4 Å². The van der Waals surface area contributed by atoms with Crippen LogP contribution in [0.5, 0.6) is 0 Å². The zero-order valence-corrected chi connectivity index (χ0v) is 19.2. The van der Waals surface area contributed by atoms with E-state index in [1.807, 2.05) is 50.2 Å². The Labute approximate surface area is 183 Å². The number of rotatable bonds is 6. The summed E-state index contributed by atoms with van der Waals surface area (Å²) in [6, 6.07) is 11.6. The van der Waals surface area contributed by atoms with Crippen molar-refractivity contribution in [3.63, 3.8) is 0 Å². The van der Waals surface area contributed by atoms with Crippen LogP contribution >= 0.6 is 0 Å². The lowest BCUT2D eigenvalue weighted by Crippen LogP contribution is -2.27. The van der Waals surface area contributed by atoms with Gasteiger partial charge < -0.3 is 10.1 Å². The van der Waals surface area contributed by atoms with Gasteiger partial charge in [-0.2, -0.15) is 0 Å². The van der Waals surface area contributed by atoms with Gasteiger partial charge in [0.2, 0.25) is 0 Å². The highest BCUT2D eigenvalue weighted by Gasteiger charge is 2.19. The molecule has 0 aliphatic rings. The van der Waals surface area contributed by atoms with Gasteiger partial charge in [-0.25, -0.2) is 14.6 Å². The summed E-state index contributed by atoms with van der Waals surface area (Å²) in [5, 5.41) is 2.74. The van der Waals surface area contributed by atoms with Crippen molar-refractivity contribution >= 4 is 17.3 Å². The lowest BCUT2D eigenvalue weighted by molar-refractivity contribution is 0.138. The van der Waals surface area contributed by atoms with Gasteiger partial charge in [-0.3, -0.25) is 9.13 Å². The minimum Gasteiger partial charge on any atom is -0.445 e. The fourth-order valence-corrected chi connectivity index (χ4v) is 3.37. The third-order valence-corrected chi connectivity index (χ3v) is 4.86. The largest absolute Gasteiger partial charge is 0.445 e. The van der Waals surface area contributed by atoms with Crippen molar-refractivity contribution in [3.8, 4) is 11.3 Å². The van der Waals surface area contributed by atoms with E-state index in [2.05, 4.69) is 26.1 Å². The first-order valence-corrected chi connectivity index (χ1v) is 10.6. The number of pyridine rings is 1. The molecule has 0 fully saturated rings. The fourth-order valence-electron chi connectivity index (χ4n) is 3.37. The van der Waals surface area contributed by atoms with E-state index < -0.39 is 6.09 Å². The summed E-state index contributed by atoms with van der Waals surface area (Å²) < 4.78 is 8.68. The van der Waals surface area contributed by atoms with Crippen LogP contribution in [-0.2, 0) is 24.9 Å². The van der Waals surface area contributed by atoms with Crippen LogP contribution in [0.3, 0.4) is 0 Å². The average Bonchev–Trinajstić information content (AvgIpc) is 2.94. The van der Waals surface area contributed by atoms with Crippen LogP contribution in [0, 0.1) is 11.3 Å². The molecule has 0 saturated carbocycles. The van der Waals surface area contributed by atoms with Crippen LogP contribution < -0.4 is 11.0 Å². The van der Waals surface area contributed by atoms with Gasteiger partial charge in [-0.15, -0.1) is 0 Å². The quantitative estimate of drug-likeness (QED) is 0.639. The molecule has 0 aliphatic carbocycles. The van der Waals surface area contributed by atoms with E-state index in [9.17, 15) is 9.59 Å². The normalized spacial score (nSPS) is 11.8. The number of carbonyl (C=O) groups excluding carboxylic acids is 1. The number of aromatic nitrogens is 3. The van der Waals surface area contributed by atoms with Crippen molar-refractivity contribution in [1.29, 1.82) is 0 Å². The van der Waals surface area contributed by atoms with Gasteiger partial charge in [-0.05, 0) is 35.1 Å². The molecule has 0 saturated heterocycles. The maximum Gasteiger partial charge on any atom is 0.407 e. The summed E-state index contributed by atoms with van der Waals surface area (Å²) in [5.74, 6) is 0.367. The Kier molecular flexibility index (Phi) is 6.53. The molecular formula is C24H32N4O3. The predicted molar refractivity (Wildman–Crippen MR) is 123 cm³/mol. The summed E-state index contributed by atoms with van der Waals surface area (Å²) in [5.41, 5.74) is 3.94. The number of hydrogen-bond acceptors (Lipinski definition) is 4. The van der Waals surface area contributed by atoms with Crippen LogP contribution in [0.2, 0.25) is 0 Å². The minimum atomic E-state index is -0.422. The van der Waals surface area contributed by atoms with Crippen molar-refractivity contribution in [3.05, 3.63) is 52.4 Å². The Morgan fingerprint density at radius 3 is 2.61 bits per heavy atom. The molecule has 166 valence electrons. The highest BCUT2D eigenvalue weighted by Crippen LogP contribution is 2.24. The number of fused-ring (bicyclic) bond motifs is 1. The Morgan fingerprint density at radius 2 is 1.94 bits per heavy atom. The Morgan fingerprint density at radius 1 is 1.19 bits per heavy atom. The van der Waals surface area contributed by atoms with E-state index in [0.717, 1.165) is 22.3 Å². The van der Waals surface area contributed by atoms with E-state index in [4.69, 9.17) is 9.72 Å². The molecule has 1 N–H and O–H groups in total. The SMILES string of the molecule is CC(C)CNC(=O)OCc1cccc(-c2ccc3c(n2)n(C)c(=O)n3CC(C)(C)C)c1. The van der Waals surface area contributed by atoms with Crippen molar-refractivity contribution in [1.82, 2.24) is 19.4 Å². The number of nitrogens with one attached hydrogen (secondary N) is 1. The molecule has 1 aromatic carbocycles. The molecule has 7 nitrogen and oxygen atoms in total. The van der Waals surface area contributed by atoms with Crippen molar-refractivity contribution in [2.75, 3.05) is 6.54 Å². The first kappa shape index (κ1) is 22.6. The van der Waals surface area contributed by atoms with Crippen molar-refractivity contribution < 1.29 is 9.53 Å². The summed E-state index contributed by atoms with van der Waals surface area (Å²) in [4.78, 5) is 29.3. The van der Waals surface area contributed by atoms with E-state index in [1.54, 1.807) is 16.2 Å². The van der Waals surface area contributed by atoms with Crippen LogP contribution in [0.1, 0.15) is 40.2 Å². The smallest absolute Gasteiger partial charge is 0.407 e. The van der Waals surface area contributed by atoms with Gasteiger partial charge in [-0.1, -0.05) is 52.8 Å². The summed E-state index contributed by atoms with van der Waals surface area (Å²) >= 11 is 0. The average molecular weight is 425 g/mol. The zero-order valence-electron chi connectivity index (χ0n) is 19.2. The lowest BCUT2D eigenvalue weighted by Gasteiger charge is -2.18. The number of aryl methyl sites for hydroxylation is 1. The van der Waals surface area contributed by atoms with E-state index in [0.29, 0.717) is 24.7 Å². The number of amides is 1. The molecule has 1 amide bonds. The van der Waals surface area contributed by atoms with E-state index in [-0.39, 0.29) is 17.7 Å². The van der Waals surface area contributed by atoms with Gasteiger partial charge in [0.1, 0.15) is 6.61 Å². The highest BCUT2D eigenvalue weighted by molar-refractivity contribution is 5.76. The van der Waals surface area contributed by atoms with Gasteiger partial charge >= 0.3 is 11.8 Å². The number of hydrogen-bond donors (Lipinski definition) is 1. The molecule has 0 aliphatic heterocycles. The first-order valence-electron chi connectivity index (χ1n) is 10.6. The third-order valence-electron chi connectivity index (χ3n) is 4.86. The number of imidazole rings is 1. The molecule has 0 atom stereocenters. The first-order chi connectivity index (χ1) is 14.5. The molecular weight excluding hydrogens is 392 g/mol. The number of alkyl carbamates (subject to hydrolysis) is 1.